The number of piperidine rings is 1. The van der Waals surface area contributed by atoms with Crippen LogP contribution in [0.5, 0.6) is 0 Å². The summed E-state index contributed by atoms with van der Waals surface area (Å²) in [6.07, 6.45) is 2.08. The predicted molar refractivity (Wildman–Crippen MR) is 91.9 cm³/mol. The Hall–Kier alpha value is -2.64. The molecule has 1 aromatic heterocycles. The zero-order valence-corrected chi connectivity index (χ0v) is 14.0. The number of nitrogens with two attached hydrogens (primary N) is 1. The highest BCUT2D eigenvalue weighted by molar-refractivity contribution is 5.68. The number of benzene rings is 1. The van der Waals surface area contributed by atoms with Crippen LogP contribution in [-0.2, 0) is 6.54 Å². The number of nitrogens with zero attached hydrogens (tertiary/aromatic N) is 5. The van der Waals surface area contributed by atoms with E-state index in [9.17, 15) is 10.1 Å². The second kappa shape index (κ2) is 6.46. The fourth-order valence-corrected chi connectivity index (χ4v) is 3.37. The van der Waals surface area contributed by atoms with E-state index in [1.165, 1.54) is 6.07 Å². The zero-order chi connectivity index (χ0) is 17.3. The van der Waals surface area contributed by atoms with Crippen LogP contribution in [0.25, 0.3) is 0 Å². The largest absolute Gasteiger partial charge is 0.399 e. The molecule has 8 heteroatoms. The fourth-order valence-electron chi connectivity index (χ4n) is 3.37. The summed E-state index contributed by atoms with van der Waals surface area (Å²) in [5.41, 5.74) is 6.83. The Morgan fingerprint density at radius 3 is 2.88 bits per heavy atom. The third-order valence-corrected chi connectivity index (χ3v) is 4.45. The normalized spacial score (nSPS) is 17.9. The Balaban J connectivity index is 1.79. The van der Waals surface area contributed by atoms with Gasteiger partial charge in [-0.2, -0.15) is 5.10 Å². The van der Waals surface area contributed by atoms with E-state index in [0.717, 1.165) is 44.1 Å². The Morgan fingerprint density at radius 2 is 2.21 bits per heavy atom. The van der Waals surface area contributed by atoms with Gasteiger partial charge in [0.2, 0.25) is 0 Å². The molecule has 3 rings (SSSR count). The van der Waals surface area contributed by atoms with Gasteiger partial charge >= 0.3 is 0 Å². The van der Waals surface area contributed by atoms with Gasteiger partial charge in [0.1, 0.15) is 17.3 Å². The van der Waals surface area contributed by atoms with Crippen LogP contribution in [0.1, 0.15) is 24.5 Å². The van der Waals surface area contributed by atoms with Crippen molar-refractivity contribution in [3.8, 4) is 0 Å². The number of hydrogen-bond acceptors (Lipinski definition) is 6. The first-order valence-electron chi connectivity index (χ1n) is 8.11. The molecule has 1 aliphatic rings. The van der Waals surface area contributed by atoms with Crippen molar-refractivity contribution in [2.24, 2.45) is 5.92 Å². The minimum atomic E-state index is -0.361. The molecule has 0 saturated carbocycles. The van der Waals surface area contributed by atoms with Crippen molar-refractivity contribution in [2.45, 2.75) is 33.2 Å². The van der Waals surface area contributed by atoms with E-state index in [1.807, 2.05) is 18.5 Å². The van der Waals surface area contributed by atoms with Gasteiger partial charge in [0.15, 0.2) is 0 Å². The molecule has 1 aromatic carbocycles. The second-order valence-electron chi connectivity index (χ2n) is 6.35. The Kier molecular flexibility index (Phi) is 4.37. The van der Waals surface area contributed by atoms with Crippen LogP contribution in [-0.4, -0.2) is 32.8 Å². The minimum absolute atomic E-state index is 0.0726. The molecule has 2 aromatic rings. The molecule has 2 heterocycles. The lowest BCUT2D eigenvalue weighted by atomic mass is 9.97. The summed E-state index contributed by atoms with van der Waals surface area (Å²) in [6.45, 7) is 6.20. The van der Waals surface area contributed by atoms with Crippen LogP contribution < -0.4 is 10.6 Å². The minimum Gasteiger partial charge on any atom is -0.399 e. The van der Waals surface area contributed by atoms with Crippen LogP contribution in [0.3, 0.4) is 0 Å². The van der Waals surface area contributed by atoms with Gasteiger partial charge in [-0.1, -0.05) is 0 Å². The van der Waals surface area contributed by atoms with E-state index in [-0.39, 0.29) is 10.6 Å². The third-order valence-electron chi connectivity index (χ3n) is 4.45. The highest BCUT2D eigenvalue weighted by Gasteiger charge is 2.26. The van der Waals surface area contributed by atoms with Crippen LogP contribution in [0.4, 0.5) is 17.1 Å². The van der Waals surface area contributed by atoms with Gasteiger partial charge in [0, 0.05) is 31.4 Å². The highest BCUT2D eigenvalue weighted by atomic mass is 16.6. The molecule has 0 amide bonds. The summed E-state index contributed by atoms with van der Waals surface area (Å²) in [5, 5.41) is 15.8. The SMILES string of the molecule is Cc1nc(C)n(C[C@H]2CCCN(c3ccc(N)cc3[N+](=O)[O-])C2)n1. The van der Waals surface area contributed by atoms with Crippen molar-refractivity contribution in [3.05, 3.63) is 40.0 Å². The maximum Gasteiger partial charge on any atom is 0.294 e. The number of nitro benzene ring substituents is 1. The maximum absolute atomic E-state index is 11.3. The zero-order valence-electron chi connectivity index (χ0n) is 14.0. The maximum atomic E-state index is 11.3. The van der Waals surface area contributed by atoms with Gasteiger partial charge in [0.25, 0.3) is 5.69 Å². The first kappa shape index (κ1) is 16.2. The molecular weight excluding hydrogens is 308 g/mol. The molecule has 128 valence electrons. The van der Waals surface area contributed by atoms with Crippen molar-refractivity contribution < 1.29 is 4.92 Å². The Bertz CT molecular complexity index is 757. The summed E-state index contributed by atoms with van der Waals surface area (Å²) < 4.78 is 1.93. The summed E-state index contributed by atoms with van der Waals surface area (Å²) in [5.74, 6) is 2.06. The van der Waals surface area contributed by atoms with Gasteiger partial charge in [0.05, 0.1) is 4.92 Å². The lowest BCUT2D eigenvalue weighted by Crippen LogP contribution is -2.37. The molecule has 1 saturated heterocycles. The molecule has 0 spiro atoms. The molecule has 8 nitrogen and oxygen atoms in total. The molecular formula is C16H22N6O2. The van der Waals surface area contributed by atoms with Gasteiger partial charge in [-0.15, -0.1) is 0 Å². The smallest absolute Gasteiger partial charge is 0.294 e. The molecule has 0 radical (unpaired) electrons. The van der Waals surface area contributed by atoms with E-state index >= 15 is 0 Å². The number of hydrogen-bond donors (Lipinski definition) is 1. The van der Waals surface area contributed by atoms with Gasteiger partial charge < -0.3 is 10.6 Å². The van der Waals surface area contributed by atoms with Gasteiger partial charge in [-0.05, 0) is 44.7 Å². The molecule has 2 N–H and O–H groups in total. The summed E-state index contributed by atoms with van der Waals surface area (Å²) in [6, 6.07) is 4.90. The van der Waals surface area contributed by atoms with Crippen molar-refractivity contribution in [1.29, 1.82) is 0 Å². The molecule has 0 aliphatic carbocycles. The number of anilines is 2. The molecule has 1 aliphatic heterocycles. The number of nitrogen functional groups attached to an aromatic ring is 1. The number of aryl methyl sites for hydroxylation is 2. The van der Waals surface area contributed by atoms with Gasteiger partial charge in [-0.25, -0.2) is 9.67 Å². The monoisotopic (exact) mass is 330 g/mol. The molecule has 0 bridgehead atoms. The van der Waals surface area contributed by atoms with Crippen LogP contribution in [0.15, 0.2) is 18.2 Å². The summed E-state index contributed by atoms with van der Waals surface area (Å²) >= 11 is 0. The average molecular weight is 330 g/mol. The number of aromatic nitrogens is 3. The Morgan fingerprint density at radius 1 is 1.42 bits per heavy atom. The van der Waals surface area contributed by atoms with Crippen LogP contribution in [0, 0.1) is 29.9 Å². The van der Waals surface area contributed by atoms with E-state index in [1.54, 1.807) is 12.1 Å². The second-order valence-corrected chi connectivity index (χ2v) is 6.35. The van der Waals surface area contributed by atoms with E-state index < -0.39 is 0 Å². The van der Waals surface area contributed by atoms with Crippen molar-refractivity contribution in [1.82, 2.24) is 14.8 Å². The molecule has 24 heavy (non-hydrogen) atoms. The lowest BCUT2D eigenvalue weighted by Gasteiger charge is -2.34. The molecule has 1 fully saturated rings. The molecule has 0 unspecified atom stereocenters. The van der Waals surface area contributed by atoms with Crippen molar-refractivity contribution in [3.63, 3.8) is 0 Å². The lowest BCUT2D eigenvalue weighted by molar-refractivity contribution is -0.384. The number of rotatable bonds is 4. The van der Waals surface area contributed by atoms with Crippen molar-refractivity contribution >= 4 is 17.1 Å². The van der Waals surface area contributed by atoms with E-state index in [2.05, 4.69) is 15.0 Å². The first-order valence-corrected chi connectivity index (χ1v) is 8.11. The standard InChI is InChI=1S/C16H22N6O2/c1-11-18-12(2)21(19-11)10-13-4-3-7-20(9-13)15-6-5-14(17)8-16(15)22(23)24/h5-6,8,13H,3-4,7,9-10,17H2,1-2H3/t13-/m0/s1. The number of nitro groups is 1. The summed E-state index contributed by atoms with van der Waals surface area (Å²) in [7, 11) is 0. The summed E-state index contributed by atoms with van der Waals surface area (Å²) in [4.78, 5) is 17.4. The predicted octanol–water partition coefficient (Wildman–Crippen LogP) is 2.30. The van der Waals surface area contributed by atoms with Gasteiger partial charge in [-0.3, -0.25) is 10.1 Å². The van der Waals surface area contributed by atoms with E-state index in [0.29, 0.717) is 17.3 Å². The topological polar surface area (TPSA) is 103 Å². The van der Waals surface area contributed by atoms with Crippen LogP contribution in [0.2, 0.25) is 0 Å². The fraction of sp³-hybridized carbons (Fsp3) is 0.500. The first-order chi connectivity index (χ1) is 11.4. The highest BCUT2D eigenvalue weighted by Crippen LogP contribution is 2.33. The third kappa shape index (κ3) is 3.32. The average Bonchev–Trinajstić information content (AvgIpc) is 2.85. The molecule has 1 atom stereocenters. The van der Waals surface area contributed by atoms with Crippen LogP contribution >= 0.6 is 0 Å². The Labute approximate surface area is 140 Å². The van der Waals surface area contributed by atoms with E-state index in [4.69, 9.17) is 5.73 Å². The quantitative estimate of drug-likeness (QED) is 0.524. The van der Waals surface area contributed by atoms with Crippen molar-refractivity contribution in [2.75, 3.05) is 23.7 Å².